The summed E-state index contributed by atoms with van der Waals surface area (Å²) in [5, 5.41) is 0. The fraction of sp³-hybridized carbons (Fsp3) is 0.273. The van der Waals surface area contributed by atoms with E-state index in [2.05, 4.69) is 48.6 Å². The zero-order valence-electron chi connectivity index (χ0n) is 6.53. The normalized spacial score (nSPS) is 24.7. The highest BCUT2D eigenvalue weighted by Crippen LogP contribution is 2.31. The Morgan fingerprint density at radius 2 is 1.27 bits per heavy atom. The number of allylic oxidation sites excluding steroid dienone is 8. The Bertz CT molecular complexity index is 223. The molecule has 0 aromatic rings. The van der Waals surface area contributed by atoms with Gasteiger partial charge in [-0.15, -0.1) is 0 Å². The van der Waals surface area contributed by atoms with Crippen LogP contribution in [0.2, 0.25) is 0 Å². The van der Waals surface area contributed by atoms with Gasteiger partial charge in [-0.1, -0.05) is 48.6 Å². The van der Waals surface area contributed by atoms with Gasteiger partial charge in [-0.25, -0.2) is 0 Å². The summed E-state index contributed by atoms with van der Waals surface area (Å²) in [6.07, 6.45) is 20.1. The Labute approximate surface area is 67.6 Å². The molecule has 2 rings (SSSR count). The lowest BCUT2D eigenvalue weighted by Crippen LogP contribution is -2.03. The highest BCUT2D eigenvalue weighted by Gasteiger charge is 2.18. The average Bonchev–Trinajstić information content (AvgIpc) is 2.32. The molecular formula is C11H12. The van der Waals surface area contributed by atoms with E-state index in [1.54, 1.807) is 0 Å². The van der Waals surface area contributed by atoms with Crippen molar-refractivity contribution in [3.63, 3.8) is 0 Å². The predicted molar refractivity (Wildman–Crippen MR) is 48.2 cm³/mol. The summed E-state index contributed by atoms with van der Waals surface area (Å²) in [4.78, 5) is 0. The summed E-state index contributed by atoms with van der Waals surface area (Å²) in [6, 6.07) is 0. The second kappa shape index (κ2) is 2.54. The van der Waals surface area contributed by atoms with E-state index < -0.39 is 0 Å². The molecule has 0 saturated heterocycles. The lowest BCUT2D eigenvalue weighted by molar-refractivity contribution is 0.835. The van der Waals surface area contributed by atoms with Gasteiger partial charge in [0.2, 0.25) is 0 Å². The third-order valence-corrected chi connectivity index (χ3v) is 2.19. The largest absolute Gasteiger partial charge is 0.0867 e. The summed E-state index contributed by atoms with van der Waals surface area (Å²) in [5.41, 5.74) is 0.135. The van der Waals surface area contributed by atoms with Crippen LogP contribution in [0, 0.1) is 5.41 Å². The lowest BCUT2D eigenvalue weighted by atomic mass is 9.90. The van der Waals surface area contributed by atoms with Gasteiger partial charge in [-0.2, -0.15) is 0 Å². The van der Waals surface area contributed by atoms with Crippen LogP contribution in [0.4, 0.5) is 0 Å². The van der Waals surface area contributed by atoms with Gasteiger partial charge in [0.25, 0.3) is 0 Å². The quantitative estimate of drug-likeness (QED) is 0.458. The van der Waals surface area contributed by atoms with Crippen LogP contribution in [0.25, 0.3) is 0 Å². The van der Waals surface area contributed by atoms with Gasteiger partial charge in [0.05, 0.1) is 0 Å². The third-order valence-electron chi connectivity index (χ3n) is 2.19. The van der Waals surface area contributed by atoms with E-state index in [1.165, 1.54) is 12.8 Å². The maximum atomic E-state index is 2.27. The van der Waals surface area contributed by atoms with Crippen LogP contribution < -0.4 is 0 Å². The molecule has 2 aliphatic rings. The van der Waals surface area contributed by atoms with Gasteiger partial charge >= 0.3 is 0 Å². The standard InChI is InChI=1S/C11H12/c1-2-4-8-11(7-3-1)9-5-6-10-11/h3-10H,1-2H2. The minimum Gasteiger partial charge on any atom is -0.0867 e. The molecule has 0 heteroatoms. The summed E-state index contributed by atoms with van der Waals surface area (Å²) in [5.74, 6) is 0. The highest BCUT2D eigenvalue weighted by atomic mass is 14.2. The zero-order chi connectivity index (χ0) is 7.57. The fourth-order valence-electron chi connectivity index (χ4n) is 1.55. The Balaban J connectivity index is 2.35. The first-order valence-electron chi connectivity index (χ1n) is 4.14. The van der Waals surface area contributed by atoms with E-state index in [0.717, 1.165) is 0 Å². The second-order valence-corrected chi connectivity index (χ2v) is 3.10. The van der Waals surface area contributed by atoms with Crippen LogP contribution in [-0.4, -0.2) is 0 Å². The number of rotatable bonds is 0. The molecule has 0 fully saturated rings. The van der Waals surface area contributed by atoms with E-state index in [4.69, 9.17) is 0 Å². The predicted octanol–water partition coefficient (Wildman–Crippen LogP) is 3.01. The number of hydrogen-bond donors (Lipinski definition) is 0. The Kier molecular flexibility index (Phi) is 1.54. The smallest absolute Gasteiger partial charge is 0.0429 e. The Morgan fingerprint density at radius 1 is 0.727 bits per heavy atom. The summed E-state index contributed by atoms with van der Waals surface area (Å²) >= 11 is 0. The van der Waals surface area contributed by atoms with Gasteiger partial charge in [0.15, 0.2) is 0 Å². The molecular weight excluding hydrogens is 132 g/mol. The van der Waals surface area contributed by atoms with Crippen LogP contribution >= 0.6 is 0 Å². The molecule has 1 spiro atoms. The van der Waals surface area contributed by atoms with Crippen LogP contribution in [0.3, 0.4) is 0 Å². The summed E-state index contributed by atoms with van der Waals surface area (Å²) < 4.78 is 0. The van der Waals surface area contributed by atoms with Gasteiger partial charge in [-0.05, 0) is 12.8 Å². The molecule has 0 atom stereocenters. The van der Waals surface area contributed by atoms with E-state index >= 15 is 0 Å². The van der Waals surface area contributed by atoms with Gasteiger partial charge in [-0.3, -0.25) is 0 Å². The average molecular weight is 144 g/mol. The van der Waals surface area contributed by atoms with Crippen LogP contribution in [-0.2, 0) is 0 Å². The van der Waals surface area contributed by atoms with Crippen molar-refractivity contribution in [2.24, 2.45) is 5.41 Å². The Hall–Kier alpha value is -1.04. The van der Waals surface area contributed by atoms with Gasteiger partial charge in [0.1, 0.15) is 0 Å². The Morgan fingerprint density at radius 3 is 1.82 bits per heavy atom. The summed E-state index contributed by atoms with van der Waals surface area (Å²) in [6.45, 7) is 0. The molecule has 0 radical (unpaired) electrons. The molecule has 56 valence electrons. The highest BCUT2D eigenvalue weighted by molar-refractivity contribution is 5.37. The third kappa shape index (κ3) is 1.21. The van der Waals surface area contributed by atoms with E-state index in [1.807, 2.05) is 0 Å². The molecule has 0 nitrogen and oxygen atoms in total. The summed E-state index contributed by atoms with van der Waals surface area (Å²) in [7, 11) is 0. The molecule has 0 amide bonds. The minimum absolute atomic E-state index is 0.135. The van der Waals surface area contributed by atoms with E-state index in [-0.39, 0.29) is 5.41 Å². The molecule has 0 heterocycles. The van der Waals surface area contributed by atoms with Crippen molar-refractivity contribution in [3.05, 3.63) is 48.6 Å². The first-order chi connectivity index (χ1) is 5.41. The first-order valence-corrected chi connectivity index (χ1v) is 4.14. The van der Waals surface area contributed by atoms with Crippen LogP contribution in [0.1, 0.15) is 12.8 Å². The zero-order valence-corrected chi connectivity index (χ0v) is 6.53. The molecule has 0 unspecified atom stereocenters. The molecule has 0 aromatic heterocycles. The van der Waals surface area contributed by atoms with Crippen molar-refractivity contribution in [2.75, 3.05) is 0 Å². The molecule has 0 N–H and O–H groups in total. The molecule has 11 heavy (non-hydrogen) atoms. The van der Waals surface area contributed by atoms with Gasteiger partial charge < -0.3 is 0 Å². The van der Waals surface area contributed by atoms with Crippen LogP contribution in [0.15, 0.2) is 48.6 Å². The minimum atomic E-state index is 0.135. The second-order valence-electron chi connectivity index (χ2n) is 3.10. The lowest BCUT2D eigenvalue weighted by Gasteiger charge is -2.13. The molecule has 0 aromatic carbocycles. The maximum Gasteiger partial charge on any atom is 0.0429 e. The van der Waals surface area contributed by atoms with Crippen molar-refractivity contribution in [3.8, 4) is 0 Å². The molecule has 0 bridgehead atoms. The van der Waals surface area contributed by atoms with Crippen molar-refractivity contribution < 1.29 is 0 Å². The maximum absolute atomic E-state index is 2.27. The SMILES string of the molecule is C1=CC2(C=C1)C=CCCC=C2. The van der Waals surface area contributed by atoms with Gasteiger partial charge in [0, 0.05) is 5.41 Å². The molecule has 2 aliphatic carbocycles. The van der Waals surface area contributed by atoms with Crippen molar-refractivity contribution in [1.82, 2.24) is 0 Å². The monoisotopic (exact) mass is 144 g/mol. The van der Waals surface area contributed by atoms with Crippen molar-refractivity contribution >= 4 is 0 Å². The van der Waals surface area contributed by atoms with Crippen molar-refractivity contribution in [1.29, 1.82) is 0 Å². The topological polar surface area (TPSA) is 0 Å². The van der Waals surface area contributed by atoms with E-state index in [0.29, 0.717) is 0 Å². The van der Waals surface area contributed by atoms with Crippen molar-refractivity contribution in [2.45, 2.75) is 12.8 Å². The number of hydrogen-bond acceptors (Lipinski definition) is 0. The molecule has 0 saturated carbocycles. The molecule has 0 aliphatic heterocycles. The fourth-order valence-corrected chi connectivity index (χ4v) is 1.55. The van der Waals surface area contributed by atoms with E-state index in [9.17, 15) is 0 Å². The van der Waals surface area contributed by atoms with Crippen LogP contribution in [0.5, 0.6) is 0 Å². The first kappa shape index (κ1) is 6.66.